The number of nitrogens with one attached hydrogen (secondary N) is 1. The highest BCUT2D eigenvalue weighted by Crippen LogP contribution is 2.20. The lowest BCUT2D eigenvalue weighted by atomic mass is 10.1. The molecule has 0 aliphatic rings. The van der Waals surface area contributed by atoms with Gasteiger partial charge in [0.1, 0.15) is 5.75 Å². The molecular formula is C14H19NO. The van der Waals surface area contributed by atoms with Crippen molar-refractivity contribution in [2.45, 2.75) is 26.8 Å². The number of hydrogen-bond acceptors (Lipinski definition) is 2. The van der Waals surface area contributed by atoms with Gasteiger partial charge in [0, 0.05) is 18.5 Å². The van der Waals surface area contributed by atoms with Gasteiger partial charge in [-0.2, -0.15) is 0 Å². The van der Waals surface area contributed by atoms with Crippen molar-refractivity contribution in [3.05, 3.63) is 29.3 Å². The second-order valence-corrected chi connectivity index (χ2v) is 3.69. The minimum Gasteiger partial charge on any atom is -0.492 e. The summed E-state index contributed by atoms with van der Waals surface area (Å²) >= 11 is 0. The van der Waals surface area contributed by atoms with Gasteiger partial charge >= 0.3 is 0 Å². The smallest absolute Gasteiger partial charge is 0.123 e. The summed E-state index contributed by atoms with van der Waals surface area (Å²) in [7, 11) is 0. The van der Waals surface area contributed by atoms with Gasteiger partial charge in [0.15, 0.2) is 0 Å². The first-order valence-electron chi connectivity index (χ1n) is 5.64. The highest BCUT2D eigenvalue weighted by Gasteiger charge is 2.03. The lowest BCUT2D eigenvalue weighted by Crippen LogP contribution is -2.13. The van der Waals surface area contributed by atoms with Crippen molar-refractivity contribution in [2.75, 3.05) is 13.2 Å². The summed E-state index contributed by atoms with van der Waals surface area (Å²) in [4.78, 5) is 0. The average molecular weight is 217 g/mol. The van der Waals surface area contributed by atoms with Crippen LogP contribution >= 0.6 is 0 Å². The van der Waals surface area contributed by atoms with Gasteiger partial charge in [0.2, 0.25) is 0 Å². The average Bonchev–Trinajstić information content (AvgIpc) is 2.29. The lowest BCUT2D eigenvalue weighted by molar-refractivity contribution is 0.323. The normalized spacial score (nSPS) is 9.81. The Bertz CT molecular complexity index is 365. The Labute approximate surface area is 98.0 Å². The molecule has 2 nitrogen and oxygen atoms in total. The quantitative estimate of drug-likeness (QED) is 0.584. The molecule has 0 spiro atoms. The van der Waals surface area contributed by atoms with Gasteiger partial charge in [-0.1, -0.05) is 24.6 Å². The van der Waals surface area contributed by atoms with Crippen molar-refractivity contribution in [2.24, 2.45) is 0 Å². The molecule has 0 heterocycles. The first-order valence-corrected chi connectivity index (χ1v) is 5.64. The van der Waals surface area contributed by atoms with E-state index >= 15 is 0 Å². The lowest BCUT2D eigenvalue weighted by Gasteiger charge is -2.11. The van der Waals surface area contributed by atoms with E-state index < -0.39 is 0 Å². The number of hydrogen-bond donors (Lipinski definition) is 1. The predicted octanol–water partition coefficient (Wildman–Crippen LogP) is 2.51. The summed E-state index contributed by atoms with van der Waals surface area (Å²) in [5.74, 6) is 3.50. The van der Waals surface area contributed by atoms with E-state index in [9.17, 15) is 0 Å². The van der Waals surface area contributed by atoms with Crippen LogP contribution in [0.5, 0.6) is 5.75 Å². The zero-order valence-corrected chi connectivity index (χ0v) is 10.0. The Morgan fingerprint density at radius 1 is 1.44 bits per heavy atom. The third kappa shape index (κ3) is 3.96. The minimum atomic E-state index is 0.582. The van der Waals surface area contributed by atoms with Crippen molar-refractivity contribution >= 4 is 0 Å². The zero-order chi connectivity index (χ0) is 11.8. The summed E-state index contributed by atoms with van der Waals surface area (Å²) in [6.07, 6.45) is 5.84. The predicted molar refractivity (Wildman–Crippen MR) is 67.5 cm³/mol. The van der Waals surface area contributed by atoms with Gasteiger partial charge in [-0.15, -0.1) is 12.3 Å². The van der Waals surface area contributed by atoms with Crippen molar-refractivity contribution in [1.82, 2.24) is 5.32 Å². The van der Waals surface area contributed by atoms with Crippen LogP contribution in [0.1, 0.15) is 24.5 Å². The number of terminal acetylenes is 1. The van der Waals surface area contributed by atoms with E-state index in [1.807, 2.05) is 6.07 Å². The van der Waals surface area contributed by atoms with Gasteiger partial charge in [0.25, 0.3) is 0 Å². The molecule has 2 heteroatoms. The molecule has 1 aromatic rings. The number of aryl methyl sites for hydroxylation is 1. The Kier molecular flexibility index (Phi) is 5.45. The molecule has 0 radical (unpaired) electrons. The summed E-state index contributed by atoms with van der Waals surface area (Å²) < 4.78 is 5.65. The second-order valence-electron chi connectivity index (χ2n) is 3.69. The van der Waals surface area contributed by atoms with E-state index in [1.54, 1.807) is 0 Å². The van der Waals surface area contributed by atoms with Crippen LogP contribution in [0.25, 0.3) is 0 Å². The van der Waals surface area contributed by atoms with Crippen molar-refractivity contribution in [3.63, 3.8) is 0 Å². The second kappa shape index (κ2) is 6.92. The van der Waals surface area contributed by atoms with Crippen LogP contribution in [0.2, 0.25) is 0 Å². The molecule has 0 fully saturated rings. The molecule has 0 unspecified atom stereocenters. The monoisotopic (exact) mass is 217 g/mol. The number of benzene rings is 1. The molecule has 0 bridgehead atoms. The molecular weight excluding hydrogens is 198 g/mol. The topological polar surface area (TPSA) is 21.3 Å². The van der Waals surface area contributed by atoms with Crippen LogP contribution in [0.3, 0.4) is 0 Å². The van der Waals surface area contributed by atoms with Gasteiger partial charge in [-0.05, 0) is 19.5 Å². The van der Waals surface area contributed by atoms with Gasteiger partial charge in [-0.3, -0.25) is 0 Å². The van der Waals surface area contributed by atoms with E-state index in [-0.39, 0.29) is 0 Å². The van der Waals surface area contributed by atoms with E-state index in [2.05, 4.69) is 37.2 Å². The maximum atomic E-state index is 5.65. The highest BCUT2D eigenvalue weighted by atomic mass is 16.5. The summed E-state index contributed by atoms with van der Waals surface area (Å²) in [6.45, 7) is 6.55. The van der Waals surface area contributed by atoms with Crippen LogP contribution < -0.4 is 10.1 Å². The van der Waals surface area contributed by atoms with E-state index in [0.29, 0.717) is 13.0 Å². The van der Waals surface area contributed by atoms with Crippen LogP contribution in [-0.4, -0.2) is 13.2 Å². The van der Waals surface area contributed by atoms with Crippen LogP contribution in [0.4, 0.5) is 0 Å². The maximum absolute atomic E-state index is 5.65. The first-order chi connectivity index (χ1) is 7.77. The Morgan fingerprint density at radius 2 is 2.25 bits per heavy atom. The largest absolute Gasteiger partial charge is 0.492 e. The molecule has 0 aromatic heterocycles. The molecule has 1 aromatic carbocycles. The van der Waals surface area contributed by atoms with Crippen LogP contribution in [-0.2, 0) is 6.54 Å². The van der Waals surface area contributed by atoms with Crippen molar-refractivity contribution < 1.29 is 4.74 Å². The van der Waals surface area contributed by atoms with E-state index in [4.69, 9.17) is 11.2 Å². The summed E-state index contributed by atoms with van der Waals surface area (Å²) in [5.41, 5.74) is 2.44. The number of ether oxygens (including phenoxy) is 1. The van der Waals surface area contributed by atoms with Crippen molar-refractivity contribution in [1.29, 1.82) is 0 Å². The third-order valence-corrected chi connectivity index (χ3v) is 2.29. The van der Waals surface area contributed by atoms with Gasteiger partial charge in [-0.25, -0.2) is 0 Å². The third-order valence-electron chi connectivity index (χ3n) is 2.29. The molecule has 1 N–H and O–H groups in total. The molecule has 0 atom stereocenters. The fourth-order valence-corrected chi connectivity index (χ4v) is 1.47. The Hall–Kier alpha value is -1.46. The Morgan fingerprint density at radius 3 is 2.94 bits per heavy atom. The molecule has 1 rings (SSSR count). The molecule has 0 saturated heterocycles. The fourth-order valence-electron chi connectivity index (χ4n) is 1.47. The molecule has 0 saturated carbocycles. The highest BCUT2D eigenvalue weighted by molar-refractivity contribution is 5.36. The fraction of sp³-hybridized carbons (Fsp3) is 0.429. The van der Waals surface area contributed by atoms with Gasteiger partial charge in [0.05, 0.1) is 6.61 Å². The molecule has 86 valence electrons. The number of rotatable bonds is 6. The molecule has 0 aliphatic carbocycles. The molecule has 0 amide bonds. The van der Waals surface area contributed by atoms with Gasteiger partial charge < -0.3 is 10.1 Å². The Balaban J connectivity index is 2.69. The summed E-state index contributed by atoms with van der Waals surface area (Å²) in [5, 5.41) is 3.30. The SMILES string of the molecule is C#CCCOc1ccc(C)cc1CNCC. The molecule has 0 aliphatic heterocycles. The maximum Gasteiger partial charge on any atom is 0.123 e. The van der Waals surface area contributed by atoms with E-state index in [0.717, 1.165) is 18.8 Å². The standard InChI is InChI=1S/C14H19NO/c1-4-6-9-16-14-8-7-12(3)10-13(14)11-15-5-2/h1,7-8,10,15H,5-6,9,11H2,2-3H3. The first kappa shape index (κ1) is 12.6. The van der Waals surface area contributed by atoms with Crippen LogP contribution in [0, 0.1) is 19.3 Å². The zero-order valence-electron chi connectivity index (χ0n) is 10.0. The minimum absolute atomic E-state index is 0.582. The summed E-state index contributed by atoms with van der Waals surface area (Å²) in [6, 6.07) is 6.22. The molecule has 16 heavy (non-hydrogen) atoms. The van der Waals surface area contributed by atoms with Crippen molar-refractivity contribution in [3.8, 4) is 18.1 Å². The van der Waals surface area contributed by atoms with Crippen LogP contribution in [0.15, 0.2) is 18.2 Å². The van der Waals surface area contributed by atoms with E-state index in [1.165, 1.54) is 11.1 Å².